The molecule has 0 saturated heterocycles. The molecule has 1 aromatic heterocycles. The summed E-state index contributed by atoms with van der Waals surface area (Å²) in [6, 6.07) is 1.85. The summed E-state index contributed by atoms with van der Waals surface area (Å²) in [5.41, 5.74) is 0. The van der Waals surface area contributed by atoms with E-state index in [1.54, 1.807) is 0 Å². The second-order valence-corrected chi connectivity index (χ2v) is 3.98. The van der Waals surface area contributed by atoms with Crippen molar-refractivity contribution in [2.75, 3.05) is 11.1 Å². The standard InChI is InChI=1S/C6H6BrNOS2/c7-4-1-6(11-3-4)8-5(9)2-10/h1,3,10H,2H2,(H,8,9). The van der Waals surface area contributed by atoms with Crippen molar-refractivity contribution in [1.29, 1.82) is 0 Å². The Balaban J connectivity index is 2.57. The van der Waals surface area contributed by atoms with Gasteiger partial charge in [-0.05, 0) is 22.0 Å². The lowest BCUT2D eigenvalue weighted by Crippen LogP contribution is -2.11. The molecule has 0 bridgehead atoms. The van der Waals surface area contributed by atoms with Crippen LogP contribution < -0.4 is 5.32 Å². The van der Waals surface area contributed by atoms with Gasteiger partial charge in [0.15, 0.2) is 0 Å². The Bertz CT molecular complexity index is 261. The molecule has 0 atom stereocenters. The Kier molecular flexibility index (Phi) is 3.42. The van der Waals surface area contributed by atoms with Crippen molar-refractivity contribution in [3.05, 3.63) is 15.9 Å². The summed E-state index contributed by atoms with van der Waals surface area (Å²) in [7, 11) is 0. The molecule has 1 heterocycles. The van der Waals surface area contributed by atoms with Gasteiger partial charge < -0.3 is 5.32 Å². The molecule has 1 N–H and O–H groups in total. The molecule has 0 saturated carbocycles. The molecule has 11 heavy (non-hydrogen) atoms. The van der Waals surface area contributed by atoms with Crippen LogP contribution in [0.3, 0.4) is 0 Å². The van der Waals surface area contributed by atoms with E-state index in [0.717, 1.165) is 9.47 Å². The first kappa shape index (κ1) is 9.09. The van der Waals surface area contributed by atoms with Gasteiger partial charge in [-0.25, -0.2) is 0 Å². The number of thiophene rings is 1. The molecule has 5 heteroatoms. The highest BCUT2D eigenvalue weighted by Gasteiger charge is 2.00. The minimum Gasteiger partial charge on any atom is -0.317 e. The third-order valence-corrected chi connectivity index (χ3v) is 2.87. The molecular weight excluding hydrogens is 246 g/mol. The van der Waals surface area contributed by atoms with E-state index in [9.17, 15) is 4.79 Å². The van der Waals surface area contributed by atoms with Crippen LogP contribution in [0.4, 0.5) is 5.00 Å². The van der Waals surface area contributed by atoms with Gasteiger partial charge in [0, 0.05) is 9.85 Å². The lowest BCUT2D eigenvalue weighted by Gasteiger charge is -1.96. The number of amides is 1. The molecule has 1 aromatic rings. The summed E-state index contributed by atoms with van der Waals surface area (Å²) in [6.45, 7) is 0. The predicted octanol–water partition coefficient (Wildman–Crippen LogP) is 2.38. The molecule has 0 aliphatic rings. The van der Waals surface area contributed by atoms with Crippen molar-refractivity contribution in [2.45, 2.75) is 0 Å². The van der Waals surface area contributed by atoms with Crippen molar-refractivity contribution in [3.8, 4) is 0 Å². The smallest absolute Gasteiger partial charge is 0.234 e. The average molecular weight is 252 g/mol. The fourth-order valence-corrected chi connectivity index (χ4v) is 1.97. The van der Waals surface area contributed by atoms with Crippen LogP contribution in [0, 0.1) is 0 Å². The van der Waals surface area contributed by atoms with Crippen LogP contribution in [0.1, 0.15) is 0 Å². The van der Waals surface area contributed by atoms with Crippen LogP contribution >= 0.6 is 39.9 Å². The van der Waals surface area contributed by atoms with Crippen molar-refractivity contribution in [2.24, 2.45) is 0 Å². The quantitative estimate of drug-likeness (QED) is 0.777. The number of rotatable bonds is 2. The number of hydrogen-bond donors (Lipinski definition) is 2. The van der Waals surface area contributed by atoms with Gasteiger partial charge >= 0.3 is 0 Å². The Morgan fingerprint density at radius 1 is 1.82 bits per heavy atom. The molecule has 0 aliphatic heterocycles. The van der Waals surface area contributed by atoms with E-state index < -0.39 is 0 Å². The summed E-state index contributed by atoms with van der Waals surface area (Å²) in [4.78, 5) is 10.8. The van der Waals surface area contributed by atoms with E-state index in [4.69, 9.17) is 0 Å². The molecule has 0 unspecified atom stereocenters. The number of halogens is 1. The minimum absolute atomic E-state index is 0.0808. The number of carbonyl (C=O) groups is 1. The average Bonchev–Trinajstić information content (AvgIpc) is 2.35. The summed E-state index contributed by atoms with van der Waals surface area (Å²) in [6.07, 6.45) is 0. The topological polar surface area (TPSA) is 29.1 Å². The second-order valence-electron chi connectivity index (χ2n) is 1.84. The molecule has 0 aromatic carbocycles. The molecule has 1 rings (SSSR count). The first-order chi connectivity index (χ1) is 5.22. The Labute approximate surface area is 82.5 Å². The lowest BCUT2D eigenvalue weighted by atomic mass is 10.6. The SMILES string of the molecule is O=C(CS)Nc1cc(Br)cs1. The number of hydrogen-bond acceptors (Lipinski definition) is 3. The Morgan fingerprint density at radius 3 is 3.00 bits per heavy atom. The van der Waals surface area contributed by atoms with Crippen LogP contribution in [0.2, 0.25) is 0 Å². The van der Waals surface area contributed by atoms with Crippen molar-refractivity contribution in [3.63, 3.8) is 0 Å². The molecule has 0 spiro atoms. The van der Waals surface area contributed by atoms with Crippen LogP contribution in [0.15, 0.2) is 15.9 Å². The van der Waals surface area contributed by atoms with Gasteiger partial charge in [0.25, 0.3) is 0 Å². The van der Waals surface area contributed by atoms with Crippen LogP contribution in [0.5, 0.6) is 0 Å². The fraction of sp³-hybridized carbons (Fsp3) is 0.167. The number of carbonyl (C=O) groups excluding carboxylic acids is 1. The zero-order valence-corrected chi connectivity index (χ0v) is 8.80. The van der Waals surface area contributed by atoms with E-state index in [-0.39, 0.29) is 11.7 Å². The largest absolute Gasteiger partial charge is 0.317 e. The number of thiol groups is 1. The highest BCUT2D eigenvalue weighted by molar-refractivity contribution is 9.10. The van der Waals surface area contributed by atoms with Gasteiger partial charge in [-0.2, -0.15) is 12.6 Å². The zero-order valence-electron chi connectivity index (χ0n) is 5.50. The van der Waals surface area contributed by atoms with Gasteiger partial charge in [-0.1, -0.05) is 0 Å². The first-order valence-corrected chi connectivity index (χ1v) is 5.17. The first-order valence-electron chi connectivity index (χ1n) is 2.87. The van der Waals surface area contributed by atoms with Crippen molar-refractivity contribution in [1.82, 2.24) is 0 Å². The van der Waals surface area contributed by atoms with Crippen LogP contribution in [-0.2, 0) is 4.79 Å². The summed E-state index contributed by atoms with van der Waals surface area (Å²) in [5.74, 6) is 0.137. The normalized spacial score (nSPS) is 9.64. The molecular formula is C6H6BrNOS2. The number of anilines is 1. The Morgan fingerprint density at radius 2 is 2.55 bits per heavy atom. The summed E-state index contributed by atoms with van der Waals surface area (Å²) in [5, 5.41) is 5.44. The van der Waals surface area contributed by atoms with Gasteiger partial charge in [-0.3, -0.25) is 4.79 Å². The third-order valence-electron chi connectivity index (χ3n) is 0.974. The fourth-order valence-electron chi connectivity index (χ4n) is 0.556. The lowest BCUT2D eigenvalue weighted by molar-refractivity contribution is -0.113. The maximum absolute atomic E-state index is 10.8. The summed E-state index contributed by atoms with van der Waals surface area (Å²) >= 11 is 8.60. The van der Waals surface area contributed by atoms with E-state index in [0.29, 0.717) is 0 Å². The zero-order chi connectivity index (χ0) is 8.27. The molecule has 1 amide bonds. The third kappa shape index (κ3) is 2.84. The maximum Gasteiger partial charge on any atom is 0.234 e. The molecule has 60 valence electrons. The van der Waals surface area contributed by atoms with E-state index >= 15 is 0 Å². The molecule has 0 fully saturated rings. The van der Waals surface area contributed by atoms with Gasteiger partial charge in [0.05, 0.1) is 10.8 Å². The van der Waals surface area contributed by atoms with Crippen molar-refractivity contribution < 1.29 is 4.79 Å². The van der Waals surface area contributed by atoms with E-state index in [2.05, 4.69) is 33.9 Å². The van der Waals surface area contributed by atoms with Crippen LogP contribution in [0.25, 0.3) is 0 Å². The maximum atomic E-state index is 10.8. The summed E-state index contributed by atoms with van der Waals surface area (Å²) < 4.78 is 0.983. The van der Waals surface area contributed by atoms with Gasteiger partial charge in [0.2, 0.25) is 5.91 Å². The van der Waals surface area contributed by atoms with Crippen LogP contribution in [-0.4, -0.2) is 11.7 Å². The highest BCUT2D eigenvalue weighted by atomic mass is 79.9. The monoisotopic (exact) mass is 251 g/mol. The highest BCUT2D eigenvalue weighted by Crippen LogP contribution is 2.24. The Hall–Kier alpha value is -0.0000000000000000833. The molecule has 0 radical (unpaired) electrons. The second kappa shape index (κ2) is 4.13. The molecule has 2 nitrogen and oxygen atoms in total. The predicted molar refractivity (Wildman–Crippen MR) is 54.5 cm³/mol. The van der Waals surface area contributed by atoms with E-state index in [1.807, 2.05) is 11.4 Å². The molecule has 0 aliphatic carbocycles. The van der Waals surface area contributed by atoms with Gasteiger partial charge in [-0.15, -0.1) is 11.3 Å². The van der Waals surface area contributed by atoms with Gasteiger partial charge in [0.1, 0.15) is 0 Å². The number of nitrogens with one attached hydrogen (secondary N) is 1. The van der Waals surface area contributed by atoms with E-state index in [1.165, 1.54) is 11.3 Å². The minimum atomic E-state index is -0.0808. The van der Waals surface area contributed by atoms with Crippen molar-refractivity contribution >= 4 is 50.8 Å².